The molecule has 22 heavy (non-hydrogen) atoms. The van der Waals surface area contributed by atoms with Crippen molar-refractivity contribution in [2.45, 2.75) is 45.8 Å². The number of hydrogen-bond acceptors (Lipinski definition) is 4. The number of rotatable bonds is 4. The van der Waals surface area contributed by atoms with Crippen molar-refractivity contribution in [3.8, 4) is 0 Å². The number of aromatic nitrogens is 1. The van der Waals surface area contributed by atoms with Gasteiger partial charge in [-0.25, -0.2) is 4.79 Å². The second kappa shape index (κ2) is 7.58. The van der Waals surface area contributed by atoms with Crippen molar-refractivity contribution < 1.29 is 9.53 Å². The quantitative estimate of drug-likeness (QED) is 0.929. The lowest BCUT2D eigenvalue weighted by Gasteiger charge is -2.34. The highest BCUT2D eigenvalue weighted by atomic mass is 16.6. The van der Waals surface area contributed by atoms with E-state index in [2.05, 4.69) is 10.3 Å². The third-order valence-electron chi connectivity index (χ3n) is 3.68. The van der Waals surface area contributed by atoms with E-state index in [0.29, 0.717) is 5.92 Å². The van der Waals surface area contributed by atoms with Crippen LogP contribution in [0, 0.1) is 5.92 Å². The van der Waals surface area contributed by atoms with Crippen LogP contribution in [0.25, 0.3) is 0 Å². The Balaban J connectivity index is 1.75. The molecule has 1 saturated heterocycles. The van der Waals surface area contributed by atoms with E-state index in [9.17, 15) is 4.79 Å². The lowest BCUT2D eigenvalue weighted by atomic mass is 9.98. The highest BCUT2D eigenvalue weighted by molar-refractivity contribution is 5.68. The molecule has 5 nitrogen and oxygen atoms in total. The minimum atomic E-state index is -0.427. The molecular weight excluding hydrogens is 278 g/mol. The number of hydrogen-bond donors (Lipinski definition) is 1. The first-order valence-corrected chi connectivity index (χ1v) is 8.01. The predicted molar refractivity (Wildman–Crippen MR) is 86.5 cm³/mol. The molecule has 1 aromatic heterocycles. The highest BCUT2D eigenvalue weighted by Crippen LogP contribution is 2.19. The summed E-state index contributed by atoms with van der Waals surface area (Å²) in [7, 11) is 0. The zero-order valence-electron chi connectivity index (χ0n) is 13.8. The van der Waals surface area contributed by atoms with Gasteiger partial charge in [0, 0.05) is 32.0 Å². The zero-order chi connectivity index (χ0) is 16.0. The molecule has 1 N–H and O–H groups in total. The molecule has 122 valence electrons. The van der Waals surface area contributed by atoms with Crippen LogP contribution in [0.15, 0.2) is 24.5 Å². The largest absolute Gasteiger partial charge is 0.444 e. The van der Waals surface area contributed by atoms with Crippen LogP contribution in [0.4, 0.5) is 4.79 Å². The molecule has 1 atom stereocenters. The molecule has 2 heterocycles. The van der Waals surface area contributed by atoms with Crippen molar-refractivity contribution in [3.63, 3.8) is 0 Å². The number of amides is 1. The summed E-state index contributed by atoms with van der Waals surface area (Å²) in [6.45, 7) is 9.05. The first-order valence-electron chi connectivity index (χ1n) is 8.01. The lowest BCUT2D eigenvalue weighted by Crippen LogP contribution is -2.44. The van der Waals surface area contributed by atoms with E-state index in [1.165, 1.54) is 5.56 Å². The van der Waals surface area contributed by atoms with Crippen molar-refractivity contribution in [2.24, 2.45) is 5.92 Å². The van der Waals surface area contributed by atoms with Crippen LogP contribution in [-0.4, -0.2) is 41.2 Å². The van der Waals surface area contributed by atoms with Gasteiger partial charge in [-0.05, 0) is 63.8 Å². The Morgan fingerprint density at radius 2 is 2.14 bits per heavy atom. The number of nitrogens with one attached hydrogen (secondary N) is 1. The Morgan fingerprint density at radius 3 is 2.82 bits per heavy atom. The standard InChI is InChI=1S/C17H27N3O2/c1-17(2,3)22-16(21)20-10-4-5-15(13-20)12-19-11-14-6-8-18-9-7-14/h6-9,15,19H,4-5,10-13H2,1-3H3. The van der Waals surface area contributed by atoms with Crippen LogP contribution in [0.5, 0.6) is 0 Å². The summed E-state index contributed by atoms with van der Waals surface area (Å²) in [6, 6.07) is 4.03. The molecule has 1 aromatic rings. The number of carbonyl (C=O) groups is 1. The van der Waals surface area contributed by atoms with E-state index >= 15 is 0 Å². The maximum atomic E-state index is 12.1. The average Bonchev–Trinajstić information content (AvgIpc) is 2.47. The van der Waals surface area contributed by atoms with Crippen LogP contribution in [0.2, 0.25) is 0 Å². The van der Waals surface area contributed by atoms with Gasteiger partial charge in [-0.3, -0.25) is 4.98 Å². The minimum Gasteiger partial charge on any atom is -0.444 e. The number of pyridine rings is 1. The van der Waals surface area contributed by atoms with Crippen LogP contribution in [0.1, 0.15) is 39.2 Å². The molecule has 0 spiro atoms. The Morgan fingerprint density at radius 1 is 1.41 bits per heavy atom. The van der Waals surface area contributed by atoms with Crippen LogP contribution in [0.3, 0.4) is 0 Å². The molecule has 1 aliphatic rings. The van der Waals surface area contributed by atoms with Crippen molar-refractivity contribution in [3.05, 3.63) is 30.1 Å². The van der Waals surface area contributed by atoms with Gasteiger partial charge >= 0.3 is 6.09 Å². The summed E-state index contributed by atoms with van der Waals surface area (Å²) in [4.78, 5) is 18.0. The van der Waals surface area contributed by atoms with E-state index in [-0.39, 0.29) is 6.09 Å². The Hall–Kier alpha value is -1.62. The molecule has 1 unspecified atom stereocenters. The van der Waals surface area contributed by atoms with Crippen LogP contribution >= 0.6 is 0 Å². The van der Waals surface area contributed by atoms with Gasteiger partial charge in [-0.15, -0.1) is 0 Å². The second-order valence-corrected chi connectivity index (χ2v) is 6.92. The van der Waals surface area contributed by atoms with Gasteiger partial charge < -0.3 is 15.0 Å². The molecule has 0 saturated carbocycles. The molecular formula is C17H27N3O2. The smallest absolute Gasteiger partial charge is 0.410 e. The monoisotopic (exact) mass is 305 g/mol. The van der Waals surface area contributed by atoms with Gasteiger partial charge in [0.25, 0.3) is 0 Å². The molecule has 0 bridgehead atoms. The van der Waals surface area contributed by atoms with E-state index < -0.39 is 5.60 Å². The Labute approximate surface area is 133 Å². The number of ether oxygens (including phenoxy) is 1. The summed E-state index contributed by atoms with van der Waals surface area (Å²) < 4.78 is 5.46. The van der Waals surface area contributed by atoms with Crippen molar-refractivity contribution in [1.82, 2.24) is 15.2 Å². The summed E-state index contributed by atoms with van der Waals surface area (Å²) >= 11 is 0. The maximum absolute atomic E-state index is 12.1. The van der Waals surface area contributed by atoms with Gasteiger partial charge in [0.2, 0.25) is 0 Å². The fourth-order valence-electron chi connectivity index (χ4n) is 2.65. The maximum Gasteiger partial charge on any atom is 0.410 e. The summed E-state index contributed by atoms with van der Waals surface area (Å²) in [5.41, 5.74) is 0.804. The van der Waals surface area contributed by atoms with Gasteiger partial charge in [-0.1, -0.05) is 0 Å². The second-order valence-electron chi connectivity index (χ2n) is 6.92. The first kappa shape index (κ1) is 16.7. The van der Waals surface area contributed by atoms with E-state index in [0.717, 1.165) is 39.0 Å². The van der Waals surface area contributed by atoms with Crippen LogP contribution < -0.4 is 5.32 Å². The number of piperidine rings is 1. The zero-order valence-corrected chi connectivity index (χ0v) is 13.8. The molecule has 2 rings (SSSR count). The lowest BCUT2D eigenvalue weighted by molar-refractivity contribution is 0.0166. The molecule has 0 aliphatic carbocycles. The SMILES string of the molecule is CC(C)(C)OC(=O)N1CCCC(CNCc2ccncc2)C1. The Kier molecular flexibility index (Phi) is 5.77. The highest BCUT2D eigenvalue weighted by Gasteiger charge is 2.27. The molecule has 0 radical (unpaired) electrons. The fraction of sp³-hybridized carbons (Fsp3) is 0.647. The third kappa shape index (κ3) is 5.64. The predicted octanol–water partition coefficient (Wildman–Crippen LogP) is 2.82. The fourth-order valence-corrected chi connectivity index (χ4v) is 2.65. The van der Waals surface area contributed by atoms with Crippen LogP contribution in [-0.2, 0) is 11.3 Å². The summed E-state index contributed by atoms with van der Waals surface area (Å²) in [6.07, 6.45) is 5.62. The summed E-state index contributed by atoms with van der Waals surface area (Å²) in [5, 5.41) is 3.47. The van der Waals surface area contributed by atoms with Crippen molar-refractivity contribution >= 4 is 6.09 Å². The third-order valence-corrected chi connectivity index (χ3v) is 3.68. The Bertz CT molecular complexity index is 471. The number of nitrogens with zero attached hydrogens (tertiary/aromatic N) is 2. The van der Waals surface area contributed by atoms with Gasteiger partial charge in [-0.2, -0.15) is 0 Å². The average molecular weight is 305 g/mol. The number of carbonyl (C=O) groups excluding carboxylic acids is 1. The topological polar surface area (TPSA) is 54.5 Å². The van der Waals surface area contributed by atoms with Gasteiger partial charge in [0.05, 0.1) is 0 Å². The van der Waals surface area contributed by atoms with Crippen molar-refractivity contribution in [1.29, 1.82) is 0 Å². The minimum absolute atomic E-state index is 0.189. The first-order chi connectivity index (χ1) is 10.4. The molecule has 1 amide bonds. The number of likely N-dealkylation sites (tertiary alicyclic amines) is 1. The van der Waals surface area contributed by atoms with E-state index in [1.807, 2.05) is 50.2 Å². The molecule has 1 fully saturated rings. The summed E-state index contributed by atoms with van der Waals surface area (Å²) in [5.74, 6) is 0.489. The van der Waals surface area contributed by atoms with E-state index in [4.69, 9.17) is 4.74 Å². The van der Waals surface area contributed by atoms with Gasteiger partial charge in [0.1, 0.15) is 5.60 Å². The normalized spacial score (nSPS) is 19.0. The molecule has 5 heteroatoms. The molecule has 0 aromatic carbocycles. The van der Waals surface area contributed by atoms with Gasteiger partial charge in [0.15, 0.2) is 0 Å². The molecule has 1 aliphatic heterocycles. The van der Waals surface area contributed by atoms with E-state index in [1.54, 1.807) is 0 Å². The van der Waals surface area contributed by atoms with Crippen molar-refractivity contribution in [2.75, 3.05) is 19.6 Å².